The van der Waals surface area contributed by atoms with Crippen LogP contribution in [0.5, 0.6) is 0 Å². The molecule has 33 heavy (non-hydrogen) atoms. The second kappa shape index (κ2) is 7.69. The molecule has 4 aromatic rings. The van der Waals surface area contributed by atoms with Crippen LogP contribution in [0.4, 0.5) is 5.82 Å². The van der Waals surface area contributed by atoms with Gasteiger partial charge in [0.25, 0.3) is 0 Å². The van der Waals surface area contributed by atoms with Gasteiger partial charge in [-0.2, -0.15) is 5.10 Å². The fourth-order valence-electron chi connectivity index (χ4n) is 5.61. The molecule has 2 N–H and O–H groups in total. The molecule has 0 saturated carbocycles. The molecule has 0 bridgehead atoms. The van der Waals surface area contributed by atoms with Crippen LogP contribution >= 0.6 is 23.2 Å². The summed E-state index contributed by atoms with van der Waals surface area (Å²) >= 11 is 12.8. The lowest BCUT2D eigenvalue weighted by Gasteiger charge is -2.42. The van der Waals surface area contributed by atoms with Crippen molar-refractivity contribution in [3.63, 3.8) is 0 Å². The summed E-state index contributed by atoms with van der Waals surface area (Å²) in [4.78, 5) is 12.0. The number of nitrogens with zero attached hydrogens (tertiary/aromatic N) is 5. The molecule has 4 heterocycles. The lowest BCUT2D eigenvalue weighted by atomic mass is 9.73. The van der Waals surface area contributed by atoms with E-state index in [1.807, 2.05) is 48.1 Å². The van der Waals surface area contributed by atoms with Gasteiger partial charge in [0.15, 0.2) is 5.82 Å². The van der Waals surface area contributed by atoms with E-state index in [0.29, 0.717) is 10.0 Å². The third-order valence-electron chi connectivity index (χ3n) is 7.41. The van der Waals surface area contributed by atoms with Gasteiger partial charge < -0.3 is 10.6 Å². The predicted octanol–water partition coefficient (Wildman–Crippen LogP) is 5.25. The Morgan fingerprint density at radius 2 is 1.88 bits per heavy atom. The van der Waals surface area contributed by atoms with Crippen molar-refractivity contribution < 1.29 is 0 Å². The first kappa shape index (κ1) is 20.9. The summed E-state index contributed by atoms with van der Waals surface area (Å²) in [6.07, 6.45) is 6.65. The molecule has 1 spiro atoms. The van der Waals surface area contributed by atoms with Crippen LogP contribution in [0.25, 0.3) is 16.8 Å². The third-order valence-corrected chi connectivity index (χ3v) is 8.22. The van der Waals surface area contributed by atoms with Crippen molar-refractivity contribution >= 4 is 34.5 Å². The average Bonchev–Trinajstić information content (AvgIpc) is 3.40. The highest BCUT2D eigenvalue weighted by Crippen LogP contribution is 2.50. The quantitative estimate of drug-likeness (QED) is 0.425. The van der Waals surface area contributed by atoms with Crippen LogP contribution in [0, 0.1) is 12.3 Å². The highest BCUT2D eigenvalue weighted by Gasteiger charge is 2.46. The zero-order chi connectivity index (χ0) is 22.7. The van der Waals surface area contributed by atoms with E-state index in [2.05, 4.69) is 21.0 Å². The van der Waals surface area contributed by atoms with Gasteiger partial charge >= 0.3 is 0 Å². The molecule has 1 aliphatic carbocycles. The molecule has 6 rings (SSSR count). The minimum Gasteiger partial charge on any atom is -0.355 e. The molecule has 1 aliphatic heterocycles. The number of pyridine rings is 1. The van der Waals surface area contributed by atoms with Crippen molar-refractivity contribution in [3.05, 3.63) is 75.8 Å². The molecule has 0 amide bonds. The summed E-state index contributed by atoms with van der Waals surface area (Å²) in [5.41, 5.74) is 12.7. The van der Waals surface area contributed by atoms with E-state index in [0.717, 1.165) is 66.3 Å². The van der Waals surface area contributed by atoms with Crippen LogP contribution < -0.4 is 10.6 Å². The Labute approximate surface area is 202 Å². The van der Waals surface area contributed by atoms with Crippen LogP contribution in [0.2, 0.25) is 10.0 Å². The number of fused-ring (bicyclic) bond motifs is 2. The topological polar surface area (TPSA) is 72.3 Å². The Morgan fingerprint density at radius 3 is 2.67 bits per heavy atom. The Kier molecular flexibility index (Phi) is 4.87. The molecule has 2 aliphatic rings. The van der Waals surface area contributed by atoms with E-state index < -0.39 is 0 Å². The number of benzene rings is 1. The van der Waals surface area contributed by atoms with Crippen molar-refractivity contribution in [2.75, 3.05) is 18.0 Å². The summed E-state index contributed by atoms with van der Waals surface area (Å²) in [5, 5.41) is 5.64. The second-order valence-corrected chi connectivity index (χ2v) is 9.93. The largest absolute Gasteiger partial charge is 0.355 e. The fraction of sp³-hybridized carbons (Fsp3) is 0.320. The van der Waals surface area contributed by atoms with Gasteiger partial charge in [-0.1, -0.05) is 41.4 Å². The van der Waals surface area contributed by atoms with Gasteiger partial charge in [0, 0.05) is 36.6 Å². The summed E-state index contributed by atoms with van der Waals surface area (Å²) in [5.74, 6) is 0.948. The lowest BCUT2D eigenvalue weighted by molar-refractivity contribution is 0.187. The fourth-order valence-corrected chi connectivity index (χ4v) is 6.00. The van der Waals surface area contributed by atoms with Gasteiger partial charge in [-0.3, -0.25) is 4.98 Å². The molecule has 0 unspecified atom stereocenters. The highest BCUT2D eigenvalue weighted by molar-refractivity contribution is 6.43. The SMILES string of the molecule is Cc1nc(N2CCC3(CC2)Cc2ncccc2[C@H]3N)c2ccnn2c1-c1cccc(Cl)c1Cl. The van der Waals surface area contributed by atoms with Crippen molar-refractivity contribution in [2.45, 2.75) is 32.2 Å². The van der Waals surface area contributed by atoms with E-state index >= 15 is 0 Å². The maximum Gasteiger partial charge on any atom is 0.155 e. The number of rotatable bonds is 2. The Balaban J connectivity index is 1.34. The van der Waals surface area contributed by atoms with Gasteiger partial charge in [0.2, 0.25) is 0 Å². The normalized spacial score (nSPS) is 19.4. The van der Waals surface area contributed by atoms with Crippen LogP contribution in [-0.4, -0.2) is 32.7 Å². The van der Waals surface area contributed by atoms with Gasteiger partial charge in [-0.15, -0.1) is 0 Å². The Bertz CT molecular complexity index is 1370. The van der Waals surface area contributed by atoms with Crippen LogP contribution in [-0.2, 0) is 6.42 Å². The average molecular weight is 479 g/mol. The van der Waals surface area contributed by atoms with Crippen LogP contribution in [0.1, 0.15) is 35.8 Å². The predicted molar refractivity (Wildman–Crippen MR) is 132 cm³/mol. The molecule has 1 aromatic carbocycles. The Hall–Kier alpha value is -2.67. The maximum absolute atomic E-state index is 6.74. The van der Waals surface area contributed by atoms with Crippen molar-refractivity contribution in [1.29, 1.82) is 0 Å². The number of halogens is 2. The number of hydrogen-bond acceptors (Lipinski definition) is 5. The lowest BCUT2D eigenvalue weighted by Crippen LogP contribution is -2.44. The summed E-state index contributed by atoms with van der Waals surface area (Å²) in [6.45, 7) is 3.79. The van der Waals surface area contributed by atoms with Gasteiger partial charge in [0.05, 0.1) is 27.6 Å². The standard InChI is InChI=1S/C25H24Cl2N6/c1-15-22(17-4-2-6-18(26)21(17)27)33-20(7-11-30-33)24(31-15)32-12-8-25(9-13-32)14-19-16(23(25)28)5-3-10-29-19/h2-7,10-11,23H,8-9,12-14,28H2,1H3/t23-/m1/s1. The Morgan fingerprint density at radius 1 is 1.06 bits per heavy atom. The third kappa shape index (κ3) is 3.15. The molecule has 168 valence electrons. The molecule has 1 atom stereocenters. The maximum atomic E-state index is 6.74. The molecule has 1 saturated heterocycles. The molecule has 8 heteroatoms. The zero-order valence-corrected chi connectivity index (χ0v) is 19.8. The summed E-state index contributed by atoms with van der Waals surface area (Å²) in [6, 6.07) is 11.8. The number of nitrogens with two attached hydrogens (primary N) is 1. The number of piperidine rings is 1. The van der Waals surface area contributed by atoms with E-state index in [9.17, 15) is 0 Å². The second-order valence-electron chi connectivity index (χ2n) is 9.14. The molecule has 0 radical (unpaired) electrons. The van der Waals surface area contributed by atoms with Crippen LogP contribution in [0.15, 0.2) is 48.8 Å². The first-order valence-electron chi connectivity index (χ1n) is 11.2. The first-order chi connectivity index (χ1) is 16.0. The van der Waals surface area contributed by atoms with Gasteiger partial charge in [-0.25, -0.2) is 9.50 Å². The molecular weight excluding hydrogens is 455 g/mol. The minimum absolute atomic E-state index is 0.0420. The smallest absolute Gasteiger partial charge is 0.155 e. The molecule has 3 aromatic heterocycles. The van der Waals surface area contributed by atoms with Crippen molar-refractivity contribution in [3.8, 4) is 11.3 Å². The van der Waals surface area contributed by atoms with Crippen LogP contribution in [0.3, 0.4) is 0 Å². The monoisotopic (exact) mass is 478 g/mol. The van der Waals surface area contributed by atoms with E-state index in [1.54, 1.807) is 6.07 Å². The van der Waals surface area contributed by atoms with E-state index in [1.165, 1.54) is 5.56 Å². The van der Waals surface area contributed by atoms with E-state index in [4.69, 9.17) is 33.9 Å². The number of hydrogen-bond donors (Lipinski definition) is 1. The summed E-state index contributed by atoms with van der Waals surface area (Å²) in [7, 11) is 0. The molecule has 1 fully saturated rings. The number of anilines is 1. The molecule has 6 nitrogen and oxygen atoms in total. The number of aryl methyl sites for hydroxylation is 1. The van der Waals surface area contributed by atoms with Crippen molar-refractivity contribution in [2.24, 2.45) is 11.1 Å². The van der Waals surface area contributed by atoms with Gasteiger partial charge in [0.1, 0.15) is 5.52 Å². The zero-order valence-electron chi connectivity index (χ0n) is 18.3. The first-order valence-corrected chi connectivity index (χ1v) is 12.0. The molecular formula is C25H24Cl2N6. The highest BCUT2D eigenvalue weighted by atomic mass is 35.5. The number of aromatic nitrogens is 4. The van der Waals surface area contributed by atoms with E-state index in [-0.39, 0.29) is 11.5 Å². The van der Waals surface area contributed by atoms with Crippen molar-refractivity contribution in [1.82, 2.24) is 19.6 Å². The minimum atomic E-state index is 0.0420. The van der Waals surface area contributed by atoms with Gasteiger partial charge in [-0.05, 0) is 55.4 Å². The summed E-state index contributed by atoms with van der Waals surface area (Å²) < 4.78 is 1.93.